The smallest absolute Gasteiger partial charge is 0.146 e. The molecule has 0 spiro atoms. The molecule has 106 valence electrons. The summed E-state index contributed by atoms with van der Waals surface area (Å²) < 4.78 is 14.9. The Morgan fingerprint density at radius 1 is 1.42 bits per heavy atom. The van der Waals surface area contributed by atoms with Gasteiger partial charge in [-0.3, -0.25) is 0 Å². The Kier molecular flexibility index (Phi) is 5.27. The molecule has 3 unspecified atom stereocenters. The second kappa shape index (κ2) is 6.55. The highest BCUT2D eigenvalue weighted by Crippen LogP contribution is 2.42. The summed E-state index contributed by atoms with van der Waals surface area (Å²) in [4.78, 5) is 0. The maximum atomic E-state index is 14.3. The van der Waals surface area contributed by atoms with Gasteiger partial charge in [-0.15, -0.1) is 0 Å². The lowest BCUT2D eigenvalue weighted by molar-refractivity contribution is 0.399. The van der Waals surface area contributed by atoms with E-state index in [0.29, 0.717) is 16.4 Å². The first-order valence-electron chi connectivity index (χ1n) is 6.93. The first-order valence-corrected chi connectivity index (χ1v) is 8.10. The molecule has 1 aromatic rings. The van der Waals surface area contributed by atoms with Gasteiger partial charge < -0.3 is 5.32 Å². The van der Waals surface area contributed by atoms with E-state index >= 15 is 0 Å². The predicted octanol–water partition coefficient (Wildman–Crippen LogP) is 5.12. The third-order valence-corrected chi connectivity index (χ3v) is 5.44. The van der Waals surface area contributed by atoms with E-state index in [1.165, 1.54) is 0 Å². The second-order valence-corrected chi connectivity index (χ2v) is 6.60. The summed E-state index contributed by atoms with van der Waals surface area (Å²) in [6.07, 6.45) is 3.27. The Hall–Kier alpha value is -0.120. The fraction of sp³-hybridized carbons (Fsp3) is 0.600. The quantitative estimate of drug-likeness (QED) is 0.744. The fourth-order valence-corrected chi connectivity index (χ4v) is 3.53. The Balaban J connectivity index is 2.17. The molecule has 1 nitrogen and oxygen atoms in total. The molecule has 0 aliphatic heterocycles. The van der Waals surface area contributed by atoms with Crippen LogP contribution in [0.4, 0.5) is 4.39 Å². The molecule has 0 amide bonds. The van der Waals surface area contributed by atoms with Crippen LogP contribution >= 0.6 is 27.5 Å². The van der Waals surface area contributed by atoms with Crippen LogP contribution < -0.4 is 5.32 Å². The molecule has 1 N–H and O–H groups in total. The number of hydrogen-bond donors (Lipinski definition) is 1. The van der Waals surface area contributed by atoms with Gasteiger partial charge in [-0.05, 0) is 65.2 Å². The zero-order valence-electron chi connectivity index (χ0n) is 11.3. The zero-order chi connectivity index (χ0) is 14.0. The highest BCUT2D eigenvalue weighted by atomic mass is 79.9. The van der Waals surface area contributed by atoms with Gasteiger partial charge in [0, 0.05) is 10.5 Å². The van der Waals surface area contributed by atoms with Crippen molar-refractivity contribution in [2.45, 2.75) is 45.1 Å². The van der Waals surface area contributed by atoms with Crippen molar-refractivity contribution in [2.75, 3.05) is 6.54 Å². The van der Waals surface area contributed by atoms with E-state index in [9.17, 15) is 4.39 Å². The van der Waals surface area contributed by atoms with Gasteiger partial charge in [-0.25, -0.2) is 4.39 Å². The molecule has 0 aromatic heterocycles. The molecule has 2 rings (SSSR count). The molecule has 3 atom stereocenters. The van der Waals surface area contributed by atoms with E-state index in [4.69, 9.17) is 11.6 Å². The van der Waals surface area contributed by atoms with E-state index in [1.54, 1.807) is 0 Å². The van der Waals surface area contributed by atoms with Gasteiger partial charge >= 0.3 is 0 Å². The van der Waals surface area contributed by atoms with E-state index in [0.717, 1.165) is 31.4 Å². The molecule has 1 aliphatic rings. The summed E-state index contributed by atoms with van der Waals surface area (Å²) in [5, 5.41) is 3.76. The van der Waals surface area contributed by atoms with Crippen LogP contribution in [0.3, 0.4) is 0 Å². The number of rotatable bonds is 4. The standard InChI is InChI=1S/C15H20BrClFN/c1-3-8-19-13-7-5-10(9(13)2)11-4-6-12(16)14(17)15(11)18/h4,6,9-10,13,19H,3,5,7-8H2,1-2H3. The van der Waals surface area contributed by atoms with Gasteiger partial charge in [0.05, 0.1) is 5.02 Å². The maximum Gasteiger partial charge on any atom is 0.146 e. The zero-order valence-corrected chi connectivity index (χ0v) is 13.7. The highest BCUT2D eigenvalue weighted by Gasteiger charge is 2.35. The number of nitrogens with one attached hydrogen (secondary N) is 1. The summed E-state index contributed by atoms with van der Waals surface area (Å²) in [6.45, 7) is 5.41. The largest absolute Gasteiger partial charge is 0.314 e. The van der Waals surface area contributed by atoms with Gasteiger partial charge in [-0.2, -0.15) is 0 Å². The Labute approximate surface area is 128 Å². The van der Waals surface area contributed by atoms with Gasteiger partial charge in [0.1, 0.15) is 5.82 Å². The van der Waals surface area contributed by atoms with Crippen molar-refractivity contribution in [1.82, 2.24) is 5.32 Å². The molecule has 0 radical (unpaired) electrons. The minimum atomic E-state index is -0.260. The molecule has 0 saturated heterocycles. The third kappa shape index (κ3) is 3.14. The van der Waals surface area contributed by atoms with Crippen molar-refractivity contribution < 1.29 is 4.39 Å². The van der Waals surface area contributed by atoms with Crippen molar-refractivity contribution in [2.24, 2.45) is 5.92 Å². The maximum absolute atomic E-state index is 14.3. The Morgan fingerprint density at radius 2 is 2.16 bits per heavy atom. The molecular formula is C15H20BrClFN. The van der Waals surface area contributed by atoms with Crippen LogP contribution in [0.25, 0.3) is 0 Å². The molecule has 0 heterocycles. The molecule has 1 aliphatic carbocycles. The van der Waals surface area contributed by atoms with E-state index in [-0.39, 0.29) is 16.8 Å². The highest BCUT2D eigenvalue weighted by molar-refractivity contribution is 9.10. The molecule has 19 heavy (non-hydrogen) atoms. The molecule has 4 heteroatoms. The van der Waals surface area contributed by atoms with E-state index in [2.05, 4.69) is 35.1 Å². The molecule has 1 aromatic carbocycles. The van der Waals surface area contributed by atoms with E-state index in [1.807, 2.05) is 12.1 Å². The van der Waals surface area contributed by atoms with Crippen molar-refractivity contribution in [3.63, 3.8) is 0 Å². The average molecular weight is 349 g/mol. The van der Waals surface area contributed by atoms with Crippen LogP contribution in [-0.4, -0.2) is 12.6 Å². The van der Waals surface area contributed by atoms with Crippen molar-refractivity contribution >= 4 is 27.5 Å². The first-order chi connectivity index (χ1) is 9.06. The van der Waals surface area contributed by atoms with E-state index < -0.39 is 0 Å². The lowest BCUT2D eigenvalue weighted by Gasteiger charge is -2.22. The monoisotopic (exact) mass is 347 g/mol. The topological polar surface area (TPSA) is 12.0 Å². The number of hydrogen-bond acceptors (Lipinski definition) is 1. The van der Waals surface area contributed by atoms with Gasteiger partial charge in [0.25, 0.3) is 0 Å². The lowest BCUT2D eigenvalue weighted by Crippen LogP contribution is -2.33. The average Bonchev–Trinajstić information content (AvgIpc) is 2.75. The minimum absolute atomic E-state index is 0.203. The van der Waals surface area contributed by atoms with Crippen molar-refractivity contribution in [3.05, 3.63) is 33.0 Å². The lowest BCUT2D eigenvalue weighted by atomic mass is 9.88. The summed E-state index contributed by atoms with van der Waals surface area (Å²) in [5.74, 6) is 0.447. The second-order valence-electron chi connectivity index (χ2n) is 5.37. The third-order valence-electron chi connectivity index (χ3n) is 4.18. The van der Waals surface area contributed by atoms with Gasteiger partial charge in [0.15, 0.2) is 0 Å². The first kappa shape index (κ1) is 15.3. The summed E-state index contributed by atoms with van der Waals surface area (Å²) >= 11 is 9.26. The fourth-order valence-electron chi connectivity index (χ4n) is 3.05. The van der Waals surface area contributed by atoms with Crippen molar-refractivity contribution in [1.29, 1.82) is 0 Å². The predicted molar refractivity (Wildman–Crippen MR) is 82.3 cm³/mol. The summed E-state index contributed by atoms with van der Waals surface area (Å²) in [7, 11) is 0. The number of benzene rings is 1. The normalized spacial score (nSPS) is 26.9. The Bertz CT molecular complexity index is 452. The molecule has 1 saturated carbocycles. The Morgan fingerprint density at radius 3 is 2.84 bits per heavy atom. The summed E-state index contributed by atoms with van der Waals surface area (Å²) in [5.41, 5.74) is 0.765. The van der Waals surface area contributed by atoms with Crippen LogP contribution in [0.2, 0.25) is 5.02 Å². The van der Waals surface area contributed by atoms with Crippen LogP contribution in [0, 0.1) is 11.7 Å². The van der Waals surface area contributed by atoms with Crippen LogP contribution in [-0.2, 0) is 0 Å². The van der Waals surface area contributed by atoms with Crippen LogP contribution in [0.15, 0.2) is 16.6 Å². The summed E-state index contributed by atoms with van der Waals surface area (Å²) in [6, 6.07) is 4.21. The number of halogens is 3. The minimum Gasteiger partial charge on any atom is -0.314 e. The van der Waals surface area contributed by atoms with Crippen LogP contribution in [0.5, 0.6) is 0 Å². The molecule has 1 fully saturated rings. The molecule has 0 bridgehead atoms. The SMILES string of the molecule is CCCNC1CCC(c2ccc(Br)c(Cl)c2F)C1C. The van der Waals surface area contributed by atoms with Crippen LogP contribution in [0.1, 0.15) is 44.6 Å². The van der Waals surface area contributed by atoms with Crippen molar-refractivity contribution in [3.8, 4) is 0 Å². The van der Waals surface area contributed by atoms with Gasteiger partial charge in [0.2, 0.25) is 0 Å². The molecular weight excluding hydrogens is 329 g/mol. The van der Waals surface area contributed by atoms with Gasteiger partial charge in [-0.1, -0.05) is 31.5 Å².